The summed E-state index contributed by atoms with van der Waals surface area (Å²) in [7, 11) is 1.64. The van der Waals surface area contributed by atoms with Crippen LogP contribution in [0.1, 0.15) is 30.2 Å². The first kappa shape index (κ1) is 11.6. The van der Waals surface area contributed by atoms with Crippen molar-refractivity contribution >= 4 is 0 Å². The molecule has 2 aromatic rings. The zero-order valence-corrected chi connectivity index (χ0v) is 9.88. The Balaban J connectivity index is 2.19. The lowest BCUT2D eigenvalue weighted by Gasteiger charge is -2.04. The average Bonchev–Trinajstić information content (AvgIpc) is 2.78. The Morgan fingerprint density at radius 3 is 2.82 bits per heavy atom. The van der Waals surface area contributed by atoms with Crippen molar-refractivity contribution in [2.45, 2.75) is 19.4 Å². The molecule has 1 aromatic carbocycles. The molecule has 90 valence electrons. The van der Waals surface area contributed by atoms with Crippen molar-refractivity contribution < 1.29 is 9.26 Å². The molecule has 5 nitrogen and oxygen atoms in total. The number of nitrogens with two attached hydrogens (primary N) is 1. The maximum absolute atomic E-state index is 5.67. The molecule has 5 heteroatoms. The number of methoxy groups -OCH3 is 1. The molecular formula is C12H15N3O2. The highest BCUT2D eigenvalue weighted by molar-refractivity contribution is 5.34. The zero-order chi connectivity index (χ0) is 12.3. The molecule has 0 aliphatic heterocycles. The van der Waals surface area contributed by atoms with Crippen molar-refractivity contribution in [3.05, 3.63) is 41.5 Å². The maximum Gasteiger partial charge on any atom is 0.231 e. The minimum absolute atomic E-state index is 0.217. The predicted molar refractivity (Wildman–Crippen MR) is 62.7 cm³/mol. The Kier molecular flexibility index (Phi) is 3.39. The second-order valence-corrected chi connectivity index (χ2v) is 3.82. The number of aromatic nitrogens is 2. The van der Waals surface area contributed by atoms with Gasteiger partial charge in [0.2, 0.25) is 5.89 Å². The van der Waals surface area contributed by atoms with Crippen LogP contribution in [0.15, 0.2) is 28.8 Å². The number of para-hydroxylation sites is 1. The third-order valence-electron chi connectivity index (χ3n) is 2.43. The van der Waals surface area contributed by atoms with Crippen LogP contribution in [0.25, 0.3) is 0 Å². The summed E-state index contributed by atoms with van der Waals surface area (Å²) in [4.78, 5) is 4.22. The molecule has 0 fully saturated rings. The highest BCUT2D eigenvalue weighted by Gasteiger charge is 2.12. The maximum atomic E-state index is 5.67. The monoisotopic (exact) mass is 233 g/mol. The van der Waals surface area contributed by atoms with Crippen molar-refractivity contribution in [2.75, 3.05) is 7.11 Å². The number of ether oxygens (including phenoxy) is 1. The summed E-state index contributed by atoms with van der Waals surface area (Å²) in [6.45, 7) is 1.82. The topological polar surface area (TPSA) is 74.2 Å². The molecule has 2 rings (SSSR count). The lowest BCUT2D eigenvalue weighted by Crippen LogP contribution is -2.06. The summed E-state index contributed by atoms with van der Waals surface area (Å²) < 4.78 is 10.4. The summed E-state index contributed by atoms with van der Waals surface area (Å²) in [5, 5.41) is 3.82. The fourth-order valence-corrected chi connectivity index (χ4v) is 1.54. The quantitative estimate of drug-likeness (QED) is 0.869. The Hall–Kier alpha value is -1.88. The predicted octanol–water partition coefficient (Wildman–Crippen LogP) is 1.69. The van der Waals surface area contributed by atoms with E-state index in [4.69, 9.17) is 15.0 Å². The minimum Gasteiger partial charge on any atom is -0.496 e. The van der Waals surface area contributed by atoms with E-state index in [0.29, 0.717) is 18.1 Å². The van der Waals surface area contributed by atoms with E-state index in [1.807, 2.05) is 31.2 Å². The normalized spacial score (nSPS) is 12.4. The van der Waals surface area contributed by atoms with Crippen LogP contribution < -0.4 is 10.5 Å². The number of benzene rings is 1. The van der Waals surface area contributed by atoms with Gasteiger partial charge in [0.05, 0.1) is 19.6 Å². The van der Waals surface area contributed by atoms with Gasteiger partial charge < -0.3 is 15.0 Å². The van der Waals surface area contributed by atoms with E-state index in [-0.39, 0.29) is 6.04 Å². The van der Waals surface area contributed by atoms with Gasteiger partial charge >= 0.3 is 0 Å². The van der Waals surface area contributed by atoms with Gasteiger partial charge in [-0.05, 0) is 13.0 Å². The Morgan fingerprint density at radius 2 is 2.18 bits per heavy atom. The molecule has 2 N–H and O–H groups in total. The SMILES string of the molecule is COc1ccccc1Cc1nc(C(C)N)no1. The Labute approximate surface area is 99.6 Å². The summed E-state index contributed by atoms with van der Waals surface area (Å²) in [6, 6.07) is 7.52. The average molecular weight is 233 g/mol. The van der Waals surface area contributed by atoms with E-state index < -0.39 is 0 Å². The van der Waals surface area contributed by atoms with Crippen molar-refractivity contribution in [3.8, 4) is 5.75 Å². The lowest BCUT2D eigenvalue weighted by atomic mass is 10.1. The van der Waals surface area contributed by atoms with Crippen LogP contribution >= 0.6 is 0 Å². The lowest BCUT2D eigenvalue weighted by molar-refractivity contribution is 0.372. The van der Waals surface area contributed by atoms with E-state index in [9.17, 15) is 0 Å². The van der Waals surface area contributed by atoms with Gasteiger partial charge in [0.25, 0.3) is 0 Å². The van der Waals surface area contributed by atoms with E-state index in [1.165, 1.54) is 0 Å². The molecule has 0 aliphatic carbocycles. The van der Waals surface area contributed by atoms with Crippen LogP contribution in [-0.4, -0.2) is 17.3 Å². The summed E-state index contributed by atoms with van der Waals surface area (Å²) >= 11 is 0. The Bertz CT molecular complexity index is 494. The largest absolute Gasteiger partial charge is 0.496 e. The molecule has 17 heavy (non-hydrogen) atoms. The van der Waals surface area contributed by atoms with Gasteiger partial charge in [-0.2, -0.15) is 4.98 Å². The molecule has 0 aliphatic rings. The van der Waals surface area contributed by atoms with Crippen LogP contribution in [0.3, 0.4) is 0 Å². The second-order valence-electron chi connectivity index (χ2n) is 3.82. The Morgan fingerprint density at radius 1 is 1.41 bits per heavy atom. The molecule has 0 saturated heterocycles. The third-order valence-corrected chi connectivity index (χ3v) is 2.43. The molecule has 1 heterocycles. The first-order chi connectivity index (χ1) is 8.20. The fourth-order valence-electron chi connectivity index (χ4n) is 1.54. The molecule has 0 spiro atoms. The van der Waals surface area contributed by atoms with Crippen LogP contribution in [0, 0.1) is 0 Å². The summed E-state index contributed by atoms with van der Waals surface area (Å²) in [5.41, 5.74) is 6.68. The molecule has 1 atom stereocenters. The van der Waals surface area contributed by atoms with Crippen molar-refractivity contribution in [1.29, 1.82) is 0 Å². The molecule has 0 bridgehead atoms. The standard InChI is InChI=1S/C12H15N3O2/c1-8(13)12-14-11(17-15-12)7-9-5-3-4-6-10(9)16-2/h3-6,8H,7,13H2,1-2H3. The van der Waals surface area contributed by atoms with Gasteiger partial charge in [0.1, 0.15) is 5.75 Å². The third kappa shape index (κ3) is 2.62. The van der Waals surface area contributed by atoms with Crippen LogP contribution in [0.2, 0.25) is 0 Å². The van der Waals surface area contributed by atoms with Gasteiger partial charge in [-0.1, -0.05) is 23.4 Å². The van der Waals surface area contributed by atoms with E-state index in [0.717, 1.165) is 11.3 Å². The second kappa shape index (κ2) is 4.97. The summed E-state index contributed by atoms with van der Waals surface area (Å²) in [6.07, 6.45) is 0.545. The van der Waals surface area contributed by atoms with Gasteiger partial charge in [-0.15, -0.1) is 0 Å². The van der Waals surface area contributed by atoms with Gasteiger partial charge in [-0.3, -0.25) is 0 Å². The van der Waals surface area contributed by atoms with E-state index in [1.54, 1.807) is 7.11 Å². The van der Waals surface area contributed by atoms with Gasteiger partial charge in [-0.25, -0.2) is 0 Å². The zero-order valence-electron chi connectivity index (χ0n) is 9.88. The minimum atomic E-state index is -0.217. The fraction of sp³-hybridized carbons (Fsp3) is 0.333. The van der Waals surface area contributed by atoms with Crippen LogP contribution in [-0.2, 0) is 6.42 Å². The number of hydrogen-bond acceptors (Lipinski definition) is 5. The smallest absolute Gasteiger partial charge is 0.231 e. The van der Waals surface area contributed by atoms with E-state index in [2.05, 4.69) is 10.1 Å². The van der Waals surface area contributed by atoms with Gasteiger partial charge in [0.15, 0.2) is 5.82 Å². The van der Waals surface area contributed by atoms with Crippen LogP contribution in [0.4, 0.5) is 0 Å². The molecular weight excluding hydrogens is 218 g/mol. The first-order valence-electron chi connectivity index (χ1n) is 5.40. The first-order valence-corrected chi connectivity index (χ1v) is 5.40. The highest BCUT2D eigenvalue weighted by atomic mass is 16.5. The van der Waals surface area contributed by atoms with Crippen LogP contribution in [0.5, 0.6) is 5.75 Å². The van der Waals surface area contributed by atoms with Crippen molar-refractivity contribution in [3.63, 3.8) is 0 Å². The molecule has 0 saturated carbocycles. The molecule has 1 unspecified atom stereocenters. The number of hydrogen-bond donors (Lipinski definition) is 1. The summed E-state index contributed by atoms with van der Waals surface area (Å²) in [5.74, 6) is 1.88. The van der Waals surface area contributed by atoms with Crippen molar-refractivity contribution in [1.82, 2.24) is 10.1 Å². The molecule has 0 amide bonds. The molecule has 1 aromatic heterocycles. The van der Waals surface area contributed by atoms with Crippen molar-refractivity contribution in [2.24, 2.45) is 5.73 Å². The number of nitrogens with zero attached hydrogens (tertiary/aromatic N) is 2. The van der Waals surface area contributed by atoms with Gasteiger partial charge in [0, 0.05) is 5.56 Å². The molecule has 0 radical (unpaired) electrons. The van der Waals surface area contributed by atoms with E-state index >= 15 is 0 Å². The number of rotatable bonds is 4. The highest BCUT2D eigenvalue weighted by Crippen LogP contribution is 2.20.